The van der Waals surface area contributed by atoms with Crippen LogP contribution in [0.25, 0.3) is 6.08 Å². The topological polar surface area (TPSA) is 99.0 Å². The van der Waals surface area contributed by atoms with E-state index in [9.17, 15) is 19.7 Å². The molecule has 28 heavy (non-hydrogen) atoms. The van der Waals surface area contributed by atoms with E-state index in [0.717, 1.165) is 16.7 Å². The molecule has 8 nitrogen and oxygen atoms in total. The van der Waals surface area contributed by atoms with E-state index in [1.165, 1.54) is 38.5 Å². The van der Waals surface area contributed by atoms with Crippen LogP contribution in [0.15, 0.2) is 47.4 Å². The molecule has 1 saturated heterocycles. The highest BCUT2D eigenvalue weighted by Crippen LogP contribution is 2.35. The Kier molecular flexibility index (Phi) is 5.65. The first-order chi connectivity index (χ1) is 13.4. The Labute approximate surface area is 164 Å². The minimum atomic E-state index is -0.506. The predicted molar refractivity (Wildman–Crippen MR) is 104 cm³/mol. The third-order valence-corrected chi connectivity index (χ3v) is 4.99. The van der Waals surface area contributed by atoms with Crippen molar-refractivity contribution in [3.05, 3.63) is 68.6 Å². The van der Waals surface area contributed by atoms with Crippen molar-refractivity contribution in [2.75, 3.05) is 14.2 Å². The number of hydrogen-bond acceptors (Lipinski definition) is 7. The van der Waals surface area contributed by atoms with E-state index in [-0.39, 0.29) is 17.1 Å². The second-order valence-electron chi connectivity index (χ2n) is 5.80. The molecule has 0 spiro atoms. The minimum absolute atomic E-state index is 0.0370. The average molecular weight is 400 g/mol. The van der Waals surface area contributed by atoms with Crippen molar-refractivity contribution in [1.82, 2.24) is 4.90 Å². The number of rotatable bonds is 6. The zero-order valence-electron chi connectivity index (χ0n) is 15.1. The molecule has 2 aromatic rings. The quantitative estimate of drug-likeness (QED) is 0.412. The summed E-state index contributed by atoms with van der Waals surface area (Å²) in [5.41, 5.74) is 1.18. The molecule has 0 aliphatic carbocycles. The smallest absolute Gasteiger partial charge is 0.293 e. The molecule has 3 rings (SSSR count). The fraction of sp³-hybridized carbons (Fsp3) is 0.158. The number of nitro groups is 1. The van der Waals surface area contributed by atoms with E-state index in [1.807, 2.05) is 0 Å². The second kappa shape index (κ2) is 8.13. The molecule has 0 unspecified atom stereocenters. The number of benzene rings is 2. The molecule has 0 atom stereocenters. The van der Waals surface area contributed by atoms with Gasteiger partial charge in [-0.2, -0.15) is 0 Å². The van der Waals surface area contributed by atoms with Crippen molar-refractivity contribution in [1.29, 1.82) is 0 Å². The number of nitrogens with zero attached hydrogens (tertiary/aromatic N) is 2. The summed E-state index contributed by atoms with van der Waals surface area (Å²) in [5, 5.41) is 10.3. The number of nitro benzene ring substituents is 1. The summed E-state index contributed by atoms with van der Waals surface area (Å²) >= 11 is 0.831. The highest BCUT2D eigenvalue weighted by Gasteiger charge is 2.35. The Hall–Kier alpha value is -3.33. The van der Waals surface area contributed by atoms with Gasteiger partial charge in [-0.25, -0.2) is 0 Å². The zero-order chi connectivity index (χ0) is 20.3. The summed E-state index contributed by atoms with van der Waals surface area (Å²) in [6, 6.07) is 10.9. The van der Waals surface area contributed by atoms with Gasteiger partial charge in [0.2, 0.25) is 0 Å². The van der Waals surface area contributed by atoms with Crippen molar-refractivity contribution in [3.8, 4) is 11.5 Å². The summed E-state index contributed by atoms with van der Waals surface area (Å²) in [6.45, 7) is 0.0370. The van der Waals surface area contributed by atoms with Gasteiger partial charge >= 0.3 is 0 Å². The van der Waals surface area contributed by atoms with E-state index < -0.39 is 16.1 Å². The van der Waals surface area contributed by atoms with Gasteiger partial charge in [0.25, 0.3) is 16.8 Å². The lowest BCUT2D eigenvalue weighted by molar-refractivity contribution is -0.384. The van der Waals surface area contributed by atoms with Gasteiger partial charge in [0.15, 0.2) is 0 Å². The van der Waals surface area contributed by atoms with E-state index in [4.69, 9.17) is 9.47 Å². The SMILES string of the molecule is COc1ccc(OC)c(/C=C2\SC(=O)N(Cc3ccc([N+](=O)[O-])cc3)C2=O)c1. The molecule has 0 N–H and O–H groups in total. The predicted octanol–water partition coefficient (Wildman–Crippen LogP) is 3.85. The standard InChI is InChI=1S/C19H16N2O6S/c1-26-15-7-8-16(27-2)13(9-15)10-17-18(22)20(19(23)28-17)11-12-3-5-14(6-4-12)21(24)25/h3-10H,11H2,1-2H3/b17-10-. The minimum Gasteiger partial charge on any atom is -0.497 e. The molecule has 0 saturated carbocycles. The summed E-state index contributed by atoms with van der Waals surface area (Å²) in [4.78, 5) is 36.6. The van der Waals surface area contributed by atoms with Crippen molar-refractivity contribution in [3.63, 3.8) is 0 Å². The lowest BCUT2D eigenvalue weighted by Crippen LogP contribution is -2.27. The third-order valence-electron chi connectivity index (χ3n) is 4.08. The van der Waals surface area contributed by atoms with Crippen LogP contribution in [0, 0.1) is 10.1 Å². The summed E-state index contributed by atoms with van der Waals surface area (Å²) in [5.74, 6) is 0.707. The number of amides is 2. The van der Waals surface area contributed by atoms with E-state index in [2.05, 4.69) is 0 Å². The van der Waals surface area contributed by atoms with Gasteiger partial charge in [0.1, 0.15) is 11.5 Å². The number of carbonyl (C=O) groups excluding carboxylic acids is 2. The molecule has 2 aromatic carbocycles. The number of ether oxygens (including phenoxy) is 2. The highest BCUT2D eigenvalue weighted by atomic mass is 32.2. The van der Waals surface area contributed by atoms with E-state index >= 15 is 0 Å². The fourth-order valence-electron chi connectivity index (χ4n) is 2.64. The Morgan fingerprint density at radius 2 is 1.82 bits per heavy atom. The molecule has 1 aliphatic rings. The Morgan fingerprint density at radius 1 is 1.11 bits per heavy atom. The van der Waals surface area contributed by atoms with Crippen LogP contribution in [0.5, 0.6) is 11.5 Å². The van der Waals surface area contributed by atoms with E-state index in [1.54, 1.807) is 24.3 Å². The molecular weight excluding hydrogens is 384 g/mol. The van der Waals surface area contributed by atoms with Crippen LogP contribution in [-0.2, 0) is 11.3 Å². The van der Waals surface area contributed by atoms with Crippen molar-refractivity contribution >= 4 is 34.7 Å². The first-order valence-corrected chi connectivity index (χ1v) is 8.95. The van der Waals surface area contributed by atoms with Gasteiger partial charge in [0, 0.05) is 17.7 Å². The molecule has 1 heterocycles. The van der Waals surface area contributed by atoms with Crippen LogP contribution in [0.2, 0.25) is 0 Å². The van der Waals surface area contributed by atoms with Gasteiger partial charge < -0.3 is 9.47 Å². The molecule has 1 fully saturated rings. The molecule has 9 heteroatoms. The number of carbonyl (C=O) groups is 2. The van der Waals surface area contributed by atoms with Crippen molar-refractivity contribution < 1.29 is 24.0 Å². The maximum atomic E-state index is 12.7. The van der Waals surface area contributed by atoms with Crippen molar-refractivity contribution in [2.24, 2.45) is 0 Å². The third kappa shape index (κ3) is 3.99. The molecule has 0 bridgehead atoms. The van der Waals surface area contributed by atoms with Crippen LogP contribution in [0.3, 0.4) is 0 Å². The highest BCUT2D eigenvalue weighted by molar-refractivity contribution is 8.18. The van der Waals surface area contributed by atoms with Crippen LogP contribution in [0.4, 0.5) is 10.5 Å². The number of hydrogen-bond donors (Lipinski definition) is 0. The lowest BCUT2D eigenvalue weighted by atomic mass is 10.1. The summed E-state index contributed by atoms with van der Waals surface area (Å²) in [6.07, 6.45) is 1.59. The molecule has 0 radical (unpaired) electrons. The molecule has 144 valence electrons. The summed E-state index contributed by atoms with van der Waals surface area (Å²) in [7, 11) is 3.04. The van der Waals surface area contributed by atoms with Crippen LogP contribution < -0.4 is 9.47 Å². The molecule has 1 aliphatic heterocycles. The number of thioether (sulfide) groups is 1. The number of methoxy groups -OCH3 is 2. The molecule has 2 amide bonds. The van der Waals surface area contributed by atoms with Gasteiger partial charge in [-0.1, -0.05) is 12.1 Å². The Bertz CT molecular complexity index is 971. The first kappa shape index (κ1) is 19.4. The second-order valence-corrected chi connectivity index (χ2v) is 6.79. The zero-order valence-corrected chi connectivity index (χ0v) is 15.9. The fourth-order valence-corrected chi connectivity index (χ4v) is 3.46. The summed E-state index contributed by atoms with van der Waals surface area (Å²) < 4.78 is 10.5. The maximum absolute atomic E-state index is 12.7. The normalized spacial score (nSPS) is 15.2. The van der Waals surface area contributed by atoms with Gasteiger partial charge in [-0.3, -0.25) is 24.6 Å². The van der Waals surface area contributed by atoms with Gasteiger partial charge in [0.05, 0.1) is 30.6 Å². The Morgan fingerprint density at radius 3 is 2.43 bits per heavy atom. The van der Waals surface area contributed by atoms with Crippen LogP contribution in [-0.4, -0.2) is 35.2 Å². The monoisotopic (exact) mass is 400 g/mol. The number of non-ortho nitro benzene ring substituents is 1. The Balaban J connectivity index is 1.83. The average Bonchev–Trinajstić information content (AvgIpc) is 2.95. The lowest BCUT2D eigenvalue weighted by Gasteiger charge is -2.12. The van der Waals surface area contributed by atoms with Crippen molar-refractivity contribution in [2.45, 2.75) is 6.54 Å². The number of imide groups is 1. The van der Waals surface area contributed by atoms with E-state index in [0.29, 0.717) is 22.6 Å². The largest absolute Gasteiger partial charge is 0.497 e. The first-order valence-electron chi connectivity index (χ1n) is 8.13. The molecule has 0 aromatic heterocycles. The maximum Gasteiger partial charge on any atom is 0.293 e. The molecular formula is C19H16N2O6S. The van der Waals surface area contributed by atoms with Gasteiger partial charge in [-0.15, -0.1) is 0 Å². The van der Waals surface area contributed by atoms with Crippen LogP contribution in [0.1, 0.15) is 11.1 Å². The van der Waals surface area contributed by atoms with Gasteiger partial charge in [-0.05, 0) is 41.6 Å². The van der Waals surface area contributed by atoms with Crippen LogP contribution >= 0.6 is 11.8 Å².